The van der Waals surface area contributed by atoms with Crippen molar-refractivity contribution >= 4 is 41.3 Å². The molecular formula is C20H30IN3OS. The number of halogens is 1. The molecule has 2 atom stereocenters. The highest BCUT2D eigenvalue weighted by Crippen LogP contribution is 2.23. The molecule has 3 N–H and O–H groups in total. The van der Waals surface area contributed by atoms with Crippen molar-refractivity contribution in [2.24, 2.45) is 4.99 Å². The third-order valence-corrected chi connectivity index (χ3v) is 4.95. The first-order valence-corrected chi connectivity index (χ1v) is 9.79. The number of aliphatic imine (C=N–C) groups is 1. The SMILES string of the molecule is CCNC(=NCC(C)(O)c1ccsc1)NCCC(C)c1ccccc1.I. The Balaban J connectivity index is 0.00000338. The fraction of sp³-hybridized carbons (Fsp3) is 0.450. The lowest BCUT2D eigenvalue weighted by Crippen LogP contribution is -2.39. The molecule has 0 aliphatic carbocycles. The van der Waals surface area contributed by atoms with Crippen molar-refractivity contribution in [2.75, 3.05) is 19.6 Å². The van der Waals surface area contributed by atoms with Crippen molar-refractivity contribution in [1.82, 2.24) is 10.6 Å². The van der Waals surface area contributed by atoms with Crippen molar-refractivity contribution in [3.05, 3.63) is 58.3 Å². The second-order valence-corrected chi connectivity index (χ2v) is 7.29. The van der Waals surface area contributed by atoms with Gasteiger partial charge in [-0.15, -0.1) is 24.0 Å². The lowest BCUT2D eigenvalue weighted by molar-refractivity contribution is 0.0677. The Kier molecular flexibility index (Phi) is 10.2. The van der Waals surface area contributed by atoms with Gasteiger partial charge in [-0.1, -0.05) is 37.3 Å². The summed E-state index contributed by atoms with van der Waals surface area (Å²) in [5, 5.41) is 21.2. The van der Waals surface area contributed by atoms with E-state index < -0.39 is 5.60 Å². The second-order valence-electron chi connectivity index (χ2n) is 6.51. The summed E-state index contributed by atoms with van der Waals surface area (Å²) in [4.78, 5) is 4.56. The standard InChI is InChI=1S/C20H29N3OS.HI/c1-4-21-19(23-15-20(3,24)18-11-13-25-14-18)22-12-10-16(2)17-8-6-5-7-9-17;/h5-9,11,13-14,16,24H,4,10,12,15H2,1-3H3,(H2,21,22,23);1H. The predicted octanol–water partition coefficient (Wildman–Crippen LogP) is 4.32. The van der Waals surface area contributed by atoms with Gasteiger partial charge >= 0.3 is 0 Å². The third-order valence-electron chi connectivity index (χ3n) is 4.27. The summed E-state index contributed by atoms with van der Waals surface area (Å²) >= 11 is 1.59. The zero-order valence-corrected chi connectivity index (χ0v) is 18.9. The molecule has 6 heteroatoms. The van der Waals surface area contributed by atoms with Crippen LogP contribution >= 0.6 is 35.3 Å². The van der Waals surface area contributed by atoms with Crippen molar-refractivity contribution in [3.8, 4) is 0 Å². The lowest BCUT2D eigenvalue weighted by Gasteiger charge is -2.21. The molecule has 0 amide bonds. The summed E-state index contributed by atoms with van der Waals surface area (Å²) in [6.45, 7) is 8.04. The van der Waals surface area contributed by atoms with Crippen molar-refractivity contribution in [3.63, 3.8) is 0 Å². The first kappa shape index (κ1) is 22.9. The zero-order chi connectivity index (χ0) is 18.1. The summed E-state index contributed by atoms with van der Waals surface area (Å²) in [5.74, 6) is 1.24. The van der Waals surface area contributed by atoms with Crippen LogP contribution in [0.5, 0.6) is 0 Å². The van der Waals surface area contributed by atoms with Crippen LogP contribution in [0.25, 0.3) is 0 Å². The summed E-state index contributed by atoms with van der Waals surface area (Å²) in [6, 6.07) is 12.5. The number of rotatable bonds is 8. The monoisotopic (exact) mass is 487 g/mol. The fourth-order valence-electron chi connectivity index (χ4n) is 2.59. The minimum absolute atomic E-state index is 0. The molecular weight excluding hydrogens is 457 g/mol. The van der Waals surface area contributed by atoms with Gasteiger partial charge in [0.1, 0.15) is 5.60 Å². The maximum absolute atomic E-state index is 10.6. The highest BCUT2D eigenvalue weighted by molar-refractivity contribution is 14.0. The molecule has 0 aliphatic rings. The van der Waals surface area contributed by atoms with Crippen LogP contribution in [-0.4, -0.2) is 30.7 Å². The lowest BCUT2D eigenvalue weighted by atomic mass is 9.98. The normalized spacial score (nSPS) is 14.8. The van der Waals surface area contributed by atoms with E-state index >= 15 is 0 Å². The molecule has 0 radical (unpaired) electrons. The average molecular weight is 487 g/mol. The summed E-state index contributed by atoms with van der Waals surface area (Å²) in [6.07, 6.45) is 1.02. The minimum atomic E-state index is -0.945. The van der Waals surface area contributed by atoms with Gasteiger partial charge in [0.05, 0.1) is 6.54 Å². The predicted molar refractivity (Wildman–Crippen MR) is 123 cm³/mol. The molecule has 0 aliphatic heterocycles. The number of hydrogen-bond donors (Lipinski definition) is 3. The van der Waals surface area contributed by atoms with E-state index in [4.69, 9.17) is 0 Å². The van der Waals surface area contributed by atoms with Gasteiger partial charge in [0.2, 0.25) is 0 Å². The second kappa shape index (κ2) is 11.6. The van der Waals surface area contributed by atoms with Gasteiger partial charge in [-0.25, -0.2) is 4.99 Å². The number of aliphatic hydroxyl groups is 1. The van der Waals surface area contributed by atoms with Crippen LogP contribution < -0.4 is 10.6 Å². The maximum Gasteiger partial charge on any atom is 0.191 e. The van der Waals surface area contributed by atoms with Crippen LogP contribution in [0.1, 0.15) is 44.2 Å². The van der Waals surface area contributed by atoms with Gasteiger partial charge in [0, 0.05) is 13.1 Å². The van der Waals surface area contributed by atoms with E-state index in [2.05, 4.69) is 46.8 Å². The summed E-state index contributed by atoms with van der Waals surface area (Å²) in [7, 11) is 0. The molecule has 0 spiro atoms. The summed E-state index contributed by atoms with van der Waals surface area (Å²) < 4.78 is 0. The molecule has 26 heavy (non-hydrogen) atoms. The molecule has 0 bridgehead atoms. The first-order valence-electron chi connectivity index (χ1n) is 8.85. The number of hydrogen-bond acceptors (Lipinski definition) is 3. The quantitative estimate of drug-likeness (QED) is 0.295. The number of benzene rings is 1. The maximum atomic E-state index is 10.6. The molecule has 1 aromatic carbocycles. The van der Waals surface area contributed by atoms with Crippen LogP contribution in [0.15, 0.2) is 52.2 Å². The van der Waals surface area contributed by atoms with Crippen LogP contribution in [0.3, 0.4) is 0 Å². The molecule has 1 aromatic heterocycles. The fourth-order valence-corrected chi connectivity index (χ4v) is 3.38. The smallest absolute Gasteiger partial charge is 0.191 e. The Morgan fingerprint density at radius 3 is 2.58 bits per heavy atom. The van der Waals surface area contributed by atoms with E-state index in [1.54, 1.807) is 18.3 Å². The number of nitrogens with zero attached hydrogens (tertiary/aromatic N) is 1. The Hall–Kier alpha value is -1.12. The highest BCUT2D eigenvalue weighted by atomic mass is 127. The van der Waals surface area contributed by atoms with E-state index in [1.165, 1.54) is 5.56 Å². The van der Waals surface area contributed by atoms with E-state index in [0.29, 0.717) is 12.5 Å². The number of nitrogens with one attached hydrogen (secondary N) is 2. The number of thiophene rings is 1. The van der Waals surface area contributed by atoms with Gasteiger partial charge in [-0.05, 0) is 54.1 Å². The van der Waals surface area contributed by atoms with Gasteiger partial charge in [-0.3, -0.25) is 0 Å². The first-order chi connectivity index (χ1) is 12.0. The van der Waals surface area contributed by atoms with Crippen LogP contribution in [0.2, 0.25) is 0 Å². The van der Waals surface area contributed by atoms with Gasteiger partial charge < -0.3 is 15.7 Å². The third kappa shape index (κ3) is 7.25. The molecule has 2 rings (SSSR count). The Bertz CT molecular complexity index is 644. The molecule has 2 unspecified atom stereocenters. The molecule has 0 saturated heterocycles. The van der Waals surface area contributed by atoms with Gasteiger partial charge in [0.15, 0.2) is 5.96 Å². The van der Waals surface area contributed by atoms with Crippen LogP contribution in [0.4, 0.5) is 0 Å². The highest BCUT2D eigenvalue weighted by Gasteiger charge is 2.23. The van der Waals surface area contributed by atoms with Crippen LogP contribution in [-0.2, 0) is 5.60 Å². The topological polar surface area (TPSA) is 56.7 Å². The Morgan fingerprint density at radius 1 is 1.23 bits per heavy atom. The molecule has 1 heterocycles. The molecule has 0 saturated carbocycles. The number of guanidine groups is 1. The van der Waals surface area contributed by atoms with E-state index in [-0.39, 0.29) is 24.0 Å². The summed E-state index contributed by atoms with van der Waals surface area (Å²) in [5.41, 5.74) is 1.32. The molecule has 2 aromatic rings. The van der Waals surface area contributed by atoms with Crippen molar-refractivity contribution < 1.29 is 5.11 Å². The van der Waals surface area contributed by atoms with Crippen molar-refractivity contribution in [2.45, 2.75) is 38.7 Å². The average Bonchev–Trinajstić information content (AvgIpc) is 3.16. The van der Waals surface area contributed by atoms with E-state index in [9.17, 15) is 5.11 Å². The largest absolute Gasteiger partial charge is 0.383 e. The molecule has 0 fully saturated rings. The van der Waals surface area contributed by atoms with E-state index in [1.807, 2.05) is 29.8 Å². The Morgan fingerprint density at radius 2 is 1.96 bits per heavy atom. The van der Waals surface area contributed by atoms with E-state index in [0.717, 1.165) is 31.0 Å². The molecule has 144 valence electrons. The van der Waals surface area contributed by atoms with Crippen LogP contribution in [0, 0.1) is 0 Å². The zero-order valence-electron chi connectivity index (χ0n) is 15.7. The van der Waals surface area contributed by atoms with Gasteiger partial charge in [0.25, 0.3) is 0 Å². The van der Waals surface area contributed by atoms with Crippen molar-refractivity contribution in [1.29, 1.82) is 0 Å². The van der Waals surface area contributed by atoms with Gasteiger partial charge in [-0.2, -0.15) is 11.3 Å². The molecule has 4 nitrogen and oxygen atoms in total. The Labute approximate surface area is 178 Å². The minimum Gasteiger partial charge on any atom is -0.383 e.